The van der Waals surface area contributed by atoms with Crippen LogP contribution in [0.1, 0.15) is 73.7 Å². The van der Waals surface area contributed by atoms with E-state index < -0.39 is 6.29 Å². The number of hydrogen-bond acceptors (Lipinski definition) is 9. The van der Waals surface area contributed by atoms with Crippen LogP contribution in [0.5, 0.6) is 0 Å². The standard InChI is InChI=1S/C40H44N6O5S/c1-28(48)41-22-7-3-6-13-38(49)42-25-30-9-8-10-34(23-30)31-18-20-33(21-19-31)39-50-36(24-37(51-39)32-16-14-29(26-47)15-17-32)27-52-40-43-44-45-46(40)35-11-4-2-5-12-35/h2,4-5,8-12,14-21,23,36-37,39,47H,3,6-7,13,22,24-27H2,1H3,(H,41,48)(H,42,49)/t36-,37+,39+/m1/s1. The number of tetrazole rings is 1. The molecule has 3 N–H and O–H groups in total. The minimum absolute atomic E-state index is 0.0140. The largest absolute Gasteiger partial charge is 0.392 e. The first-order valence-corrected chi connectivity index (χ1v) is 18.6. The molecule has 1 aromatic heterocycles. The van der Waals surface area contributed by atoms with Gasteiger partial charge in [0.25, 0.3) is 0 Å². The predicted octanol–water partition coefficient (Wildman–Crippen LogP) is 6.47. The average Bonchev–Trinajstić information content (AvgIpc) is 3.67. The number of carbonyl (C=O) groups is 2. The van der Waals surface area contributed by atoms with Crippen LogP contribution in [-0.4, -0.2) is 55.5 Å². The van der Waals surface area contributed by atoms with E-state index in [1.165, 1.54) is 6.92 Å². The van der Waals surface area contributed by atoms with Crippen LogP contribution in [0.25, 0.3) is 16.8 Å². The average molecular weight is 721 g/mol. The number of hydrogen-bond donors (Lipinski definition) is 3. The van der Waals surface area contributed by atoms with Crippen LogP contribution in [-0.2, 0) is 32.2 Å². The Labute approximate surface area is 308 Å². The van der Waals surface area contributed by atoms with Crippen molar-refractivity contribution in [3.05, 3.63) is 125 Å². The van der Waals surface area contributed by atoms with Crippen molar-refractivity contribution in [2.24, 2.45) is 0 Å². The summed E-state index contributed by atoms with van der Waals surface area (Å²) < 4.78 is 14.9. The maximum absolute atomic E-state index is 12.4. The van der Waals surface area contributed by atoms with Crippen LogP contribution in [0.3, 0.4) is 0 Å². The summed E-state index contributed by atoms with van der Waals surface area (Å²) >= 11 is 1.54. The minimum atomic E-state index is -0.590. The molecule has 52 heavy (non-hydrogen) atoms. The number of benzene rings is 4. The molecule has 2 heterocycles. The van der Waals surface area contributed by atoms with Gasteiger partial charge in [-0.1, -0.05) is 103 Å². The molecular weight excluding hydrogens is 677 g/mol. The van der Waals surface area contributed by atoms with Crippen molar-refractivity contribution in [3.63, 3.8) is 0 Å². The molecule has 0 spiro atoms. The fraction of sp³-hybridized carbons (Fsp3) is 0.325. The van der Waals surface area contributed by atoms with Crippen LogP contribution in [0.2, 0.25) is 0 Å². The maximum atomic E-state index is 12.4. The Kier molecular flexibility index (Phi) is 13.2. The van der Waals surface area contributed by atoms with Crippen molar-refractivity contribution in [2.75, 3.05) is 12.3 Å². The number of para-hydroxylation sites is 1. The fourth-order valence-electron chi connectivity index (χ4n) is 6.02. The smallest absolute Gasteiger partial charge is 0.220 e. The number of nitrogens with one attached hydrogen (secondary N) is 2. The Bertz CT molecular complexity index is 1890. The van der Waals surface area contributed by atoms with Gasteiger partial charge in [-0.2, -0.15) is 4.68 Å². The lowest BCUT2D eigenvalue weighted by Gasteiger charge is -2.36. The Morgan fingerprint density at radius 1 is 0.846 bits per heavy atom. The molecule has 270 valence electrons. The molecule has 0 saturated carbocycles. The first kappa shape index (κ1) is 36.9. The van der Waals surface area contributed by atoms with Gasteiger partial charge in [0.2, 0.25) is 17.0 Å². The number of amides is 2. The van der Waals surface area contributed by atoms with Crippen LogP contribution < -0.4 is 10.6 Å². The lowest BCUT2D eigenvalue weighted by atomic mass is 9.99. The summed E-state index contributed by atoms with van der Waals surface area (Å²) in [5, 5.41) is 28.4. The van der Waals surface area contributed by atoms with Gasteiger partial charge in [-0.25, -0.2) is 0 Å². The summed E-state index contributed by atoms with van der Waals surface area (Å²) in [6.07, 6.45) is 2.71. The normalized spacial score (nSPS) is 17.1. The van der Waals surface area contributed by atoms with Gasteiger partial charge in [-0.15, -0.1) is 5.10 Å². The highest BCUT2D eigenvalue weighted by Gasteiger charge is 2.32. The molecular formula is C40H44N6O5S. The van der Waals surface area contributed by atoms with Gasteiger partial charge in [-0.05, 0) is 69.3 Å². The van der Waals surface area contributed by atoms with Crippen molar-refractivity contribution >= 4 is 23.6 Å². The number of aliphatic hydroxyl groups excluding tert-OH is 1. The number of nitrogens with zero attached hydrogens (tertiary/aromatic N) is 4. The summed E-state index contributed by atoms with van der Waals surface area (Å²) in [5.74, 6) is 0.619. The number of unbranched alkanes of at least 4 members (excludes halogenated alkanes) is 2. The first-order chi connectivity index (χ1) is 25.4. The summed E-state index contributed by atoms with van der Waals surface area (Å²) in [4.78, 5) is 23.4. The quantitative estimate of drug-likeness (QED) is 0.0773. The molecule has 0 bridgehead atoms. The van der Waals surface area contributed by atoms with Crippen molar-refractivity contribution in [2.45, 2.75) is 75.8 Å². The number of aromatic nitrogens is 4. The van der Waals surface area contributed by atoms with Crippen molar-refractivity contribution < 1.29 is 24.2 Å². The third-order valence-corrected chi connectivity index (χ3v) is 9.89. The summed E-state index contributed by atoms with van der Waals surface area (Å²) in [5.41, 5.74) is 6.79. The highest BCUT2D eigenvalue weighted by atomic mass is 32.2. The molecule has 0 radical (unpaired) electrons. The highest BCUT2D eigenvalue weighted by Crippen LogP contribution is 2.40. The van der Waals surface area contributed by atoms with E-state index in [-0.39, 0.29) is 30.6 Å². The first-order valence-electron chi connectivity index (χ1n) is 17.6. The van der Waals surface area contributed by atoms with E-state index in [9.17, 15) is 14.7 Å². The molecule has 11 nitrogen and oxygen atoms in total. The zero-order valence-electron chi connectivity index (χ0n) is 29.2. The lowest BCUT2D eigenvalue weighted by Crippen LogP contribution is -2.31. The molecule has 0 aliphatic carbocycles. The summed E-state index contributed by atoms with van der Waals surface area (Å²) in [6, 6.07) is 34.1. The Morgan fingerprint density at radius 2 is 1.63 bits per heavy atom. The van der Waals surface area contributed by atoms with Crippen LogP contribution in [0, 0.1) is 0 Å². The third kappa shape index (κ3) is 10.3. The molecule has 0 unspecified atom stereocenters. The van der Waals surface area contributed by atoms with E-state index in [1.54, 1.807) is 16.4 Å². The Balaban J connectivity index is 1.09. The van der Waals surface area contributed by atoms with Gasteiger partial charge >= 0.3 is 0 Å². The van der Waals surface area contributed by atoms with Crippen LogP contribution in [0.4, 0.5) is 0 Å². The van der Waals surface area contributed by atoms with E-state index in [0.717, 1.165) is 58.3 Å². The lowest BCUT2D eigenvalue weighted by molar-refractivity contribution is -0.245. The Morgan fingerprint density at radius 3 is 2.40 bits per heavy atom. The topological polar surface area (TPSA) is 140 Å². The van der Waals surface area contributed by atoms with Gasteiger partial charge in [0.15, 0.2) is 6.29 Å². The molecule has 2 amide bonds. The third-order valence-electron chi connectivity index (χ3n) is 8.84. The van der Waals surface area contributed by atoms with Crippen LogP contribution >= 0.6 is 11.8 Å². The van der Waals surface area contributed by atoms with E-state index >= 15 is 0 Å². The van der Waals surface area contributed by atoms with Gasteiger partial charge < -0.3 is 25.2 Å². The second-order valence-corrected chi connectivity index (χ2v) is 13.7. The van der Waals surface area contributed by atoms with Gasteiger partial charge in [0.1, 0.15) is 0 Å². The molecule has 1 saturated heterocycles. The number of aliphatic hydroxyl groups is 1. The number of ether oxygens (including phenoxy) is 2. The fourth-order valence-corrected chi connectivity index (χ4v) is 6.93. The maximum Gasteiger partial charge on any atom is 0.220 e. The second-order valence-electron chi connectivity index (χ2n) is 12.8. The molecule has 5 aromatic rings. The van der Waals surface area contributed by atoms with Crippen LogP contribution in [0.15, 0.2) is 108 Å². The molecule has 3 atom stereocenters. The highest BCUT2D eigenvalue weighted by molar-refractivity contribution is 7.99. The van der Waals surface area contributed by atoms with Crippen molar-refractivity contribution in [1.82, 2.24) is 30.8 Å². The Hall–Kier alpha value is -4.88. The second kappa shape index (κ2) is 18.6. The summed E-state index contributed by atoms with van der Waals surface area (Å²) in [6.45, 7) is 2.59. The van der Waals surface area contributed by atoms with E-state index in [4.69, 9.17) is 9.47 Å². The van der Waals surface area contributed by atoms with E-state index in [1.807, 2.05) is 78.9 Å². The van der Waals surface area contributed by atoms with Crippen molar-refractivity contribution in [3.8, 4) is 16.8 Å². The number of thioether (sulfide) groups is 1. The van der Waals surface area contributed by atoms with Gasteiger partial charge in [0.05, 0.1) is 24.5 Å². The molecule has 1 aliphatic heterocycles. The predicted molar refractivity (Wildman–Crippen MR) is 199 cm³/mol. The molecule has 6 rings (SSSR count). The zero-order chi connectivity index (χ0) is 36.1. The monoisotopic (exact) mass is 720 g/mol. The SMILES string of the molecule is CC(=O)NCCCCCC(=O)NCc1cccc(-c2ccc([C@H]3O[C@@H](CSc4nnnn4-c4ccccc4)C[C@@H](c4ccc(CO)cc4)O3)cc2)c1. The number of carbonyl (C=O) groups excluding carboxylic acids is 2. The van der Waals surface area contributed by atoms with E-state index in [0.29, 0.717) is 36.8 Å². The minimum Gasteiger partial charge on any atom is -0.392 e. The summed E-state index contributed by atoms with van der Waals surface area (Å²) in [7, 11) is 0. The number of rotatable bonds is 16. The van der Waals surface area contributed by atoms with Crippen molar-refractivity contribution in [1.29, 1.82) is 0 Å². The van der Waals surface area contributed by atoms with E-state index in [2.05, 4.69) is 50.4 Å². The van der Waals surface area contributed by atoms with Gasteiger partial charge in [-0.3, -0.25) is 9.59 Å². The molecule has 1 aliphatic rings. The zero-order valence-corrected chi connectivity index (χ0v) is 30.0. The molecule has 1 fully saturated rings. The molecule has 12 heteroatoms. The van der Waals surface area contributed by atoms with Gasteiger partial charge in [0, 0.05) is 44.2 Å². The molecule has 4 aromatic carbocycles.